The Labute approximate surface area is 245 Å². The smallest absolute Gasteiger partial charge is 0.314 e. The van der Waals surface area contributed by atoms with Crippen LogP contribution >= 0.6 is 0 Å². The first kappa shape index (κ1) is 29.8. The number of aliphatic hydroxyl groups is 1. The first-order valence-electron chi connectivity index (χ1n) is 13.4. The number of hydrogen-bond acceptors (Lipinski definition) is 7. The van der Waals surface area contributed by atoms with Crippen LogP contribution in [0.3, 0.4) is 0 Å². The van der Waals surface area contributed by atoms with Gasteiger partial charge < -0.3 is 24.4 Å². The number of aliphatic hydroxyl groups excluding tert-OH is 1. The van der Waals surface area contributed by atoms with E-state index in [4.69, 9.17) is 14.2 Å². The lowest BCUT2D eigenvalue weighted by Crippen LogP contribution is -2.19. The minimum atomic E-state index is -1.17. The van der Waals surface area contributed by atoms with Crippen LogP contribution in [0.5, 0.6) is 17.2 Å². The quantitative estimate of drug-likeness (QED) is 0.192. The molecule has 4 aromatic carbocycles. The number of aliphatic carboxylic acids is 1. The van der Waals surface area contributed by atoms with E-state index < -0.39 is 18.5 Å². The zero-order chi connectivity index (χ0) is 29.9. The van der Waals surface area contributed by atoms with Crippen molar-refractivity contribution in [3.05, 3.63) is 113 Å². The number of aliphatic imine (C=N–C) groups is 1. The molecule has 1 unspecified atom stereocenters. The number of carbonyl (C=O) groups is 1. The van der Waals surface area contributed by atoms with Crippen molar-refractivity contribution in [1.29, 1.82) is 5.26 Å². The summed E-state index contributed by atoms with van der Waals surface area (Å²) in [5.41, 5.74) is 6.32. The maximum absolute atomic E-state index is 11.3. The third kappa shape index (κ3) is 7.53. The highest BCUT2D eigenvalue weighted by Crippen LogP contribution is 2.36. The number of carboxylic acid groups (broad SMARTS) is 1. The molecular formula is C34H32N2O6. The molecule has 4 aromatic rings. The van der Waals surface area contributed by atoms with Crippen LogP contribution in [0.4, 0.5) is 0 Å². The summed E-state index contributed by atoms with van der Waals surface area (Å²) in [6.07, 6.45) is 1.20. The van der Waals surface area contributed by atoms with Gasteiger partial charge in [0.15, 0.2) is 0 Å². The fraction of sp³-hybridized carbons (Fsp3) is 0.206. The molecule has 0 aromatic heterocycles. The number of nitrogens with zero attached hydrogens (tertiary/aromatic N) is 2. The van der Waals surface area contributed by atoms with E-state index in [-0.39, 0.29) is 13.2 Å². The van der Waals surface area contributed by atoms with Crippen LogP contribution in [0, 0.1) is 24.2 Å². The molecule has 0 aliphatic heterocycles. The zero-order valence-corrected chi connectivity index (χ0v) is 23.5. The minimum Gasteiger partial charge on any atom is -0.496 e. The van der Waals surface area contributed by atoms with Gasteiger partial charge in [0.1, 0.15) is 36.4 Å². The van der Waals surface area contributed by atoms with Crippen LogP contribution in [-0.4, -0.2) is 36.1 Å². The van der Waals surface area contributed by atoms with E-state index in [0.717, 1.165) is 27.8 Å². The van der Waals surface area contributed by atoms with Gasteiger partial charge >= 0.3 is 5.97 Å². The van der Waals surface area contributed by atoms with Gasteiger partial charge in [-0.2, -0.15) is 5.26 Å². The number of carboxylic acids is 1. The monoisotopic (exact) mass is 564 g/mol. The van der Waals surface area contributed by atoms with Gasteiger partial charge in [-0.3, -0.25) is 9.79 Å². The van der Waals surface area contributed by atoms with Gasteiger partial charge in [-0.25, -0.2) is 0 Å². The molecule has 0 bridgehead atoms. The average molecular weight is 565 g/mol. The highest BCUT2D eigenvalue weighted by atomic mass is 16.5. The second kappa shape index (κ2) is 14.5. The average Bonchev–Trinajstić information content (AvgIpc) is 3.02. The lowest BCUT2D eigenvalue weighted by Gasteiger charge is -2.18. The van der Waals surface area contributed by atoms with Crippen LogP contribution in [0.15, 0.2) is 89.9 Å². The van der Waals surface area contributed by atoms with Crippen molar-refractivity contribution in [2.45, 2.75) is 26.7 Å². The molecule has 4 rings (SSSR count). The second-order valence-electron chi connectivity index (χ2n) is 9.56. The third-order valence-corrected chi connectivity index (χ3v) is 6.79. The van der Waals surface area contributed by atoms with Crippen LogP contribution < -0.4 is 14.2 Å². The minimum absolute atomic E-state index is 0.0546. The van der Waals surface area contributed by atoms with Crippen LogP contribution in [0.2, 0.25) is 0 Å². The van der Waals surface area contributed by atoms with E-state index in [0.29, 0.717) is 35.0 Å². The van der Waals surface area contributed by atoms with E-state index in [9.17, 15) is 20.3 Å². The highest BCUT2D eigenvalue weighted by molar-refractivity contribution is 5.88. The number of methoxy groups -OCH3 is 1. The van der Waals surface area contributed by atoms with E-state index in [2.05, 4.69) is 36.2 Å². The van der Waals surface area contributed by atoms with Crippen LogP contribution in [0.1, 0.15) is 27.8 Å². The summed E-state index contributed by atoms with van der Waals surface area (Å²) >= 11 is 0. The first-order valence-corrected chi connectivity index (χ1v) is 13.4. The predicted octanol–water partition coefficient (Wildman–Crippen LogP) is 5.96. The molecular weight excluding hydrogens is 532 g/mol. The Kier molecular flexibility index (Phi) is 10.3. The molecule has 0 heterocycles. The second-order valence-corrected chi connectivity index (χ2v) is 9.56. The van der Waals surface area contributed by atoms with Gasteiger partial charge in [0.2, 0.25) is 0 Å². The SMILES string of the molecule is COc1cc(OCc2cccc(-c3ccccc3)c2C)cc(OCc2cccc(C#N)c2)c1CN=CC(CO)C(=O)O. The largest absolute Gasteiger partial charge is 0.496 e. The normalized spacial score (nSPS) is 11.6. The van der Waals surface area contributed by atoms with Crippen molar-refractivity contribution < 1.29 is 29.2 Å². The molecule has 1 atom stereocenters. The predicted molar refractivity (Wildman–Crippen MR) is 160 cm³/mol. The fourth-order valence-electron chi connectivity index (χ4n) is 4.43. The standard InChI is InChI=1S/C34H32N2O6/c1-23-27(12-7-13-30(23)26-10-4-3-5-11-26)22-41-29-15-32(40-2)31(19-36-18-28(20-37)34(38)39)33(16-29)42-21-25-9-6-8-24(14-25)17-35/h3-16,18,28,37H,19-22H2,1-2H3,(H,38,39). The Bertz CT molecular complexity index is 1590. The molecule has 2 N–H and O–H groups in total. The lowest BCUT2D eigenvalue weighted by atomic mass is 9.97. The molecule has 0 spiro atoms. The van der Waals surface area contributed by atoms with Crippen molar-refractivity contribution in [3.63, 3.8) is 0 Å². The van der Waals surface area contributed by atoms with Gasteiger partial charge in [-0.15, -0.1) is 0 Å². The molecule has 0 aliphatic carbocycles. The van der Waals surface area contributed by atoms with Gasteiger partial charge in [-0.05, 0) is 46.9 Å². The highest BCUT2D eigenvalue weighted by Gasteiger charge is 2.17. The summed E-state index contributed by atoms with van der Waals surface area (Å²) in [7, 11) is 1.52. The van der Waals surface area contributed by atoms with Crippen molar-refractivity contribution in [2.75, 3.05) is 13.7 Å². The molecule has 8 heteroatoms. The summed E-state index contributed by atoms with van der Waals surface area (Å²) in [5, 5.41) is 27.8. The lowest BCUT2D eigenvalue weighted by molar-refractivity contribution is -0.140. The third-order valence-electron chi connectivity index (χ3n) is 6.79. The zero-order valence-electron chi connectivity index (χ0n) is 23.5. The van der Waals surface area contributed by atoms with Gasteiger partial charge in [0.05, 0.1) is 37.5 Å². The Hall–Kier alpha value is -5.13. The maximum Gasteiger partial charge on any atom is 0.314 e. The summed E-state index contributed by atoms with van der Waals surface area (Å²) in [4.78, 5) is 15.5. The number of benzene rings is 4. The van der Waals surface area contributed by atoms with Gasteiger partial charge in [-0.1, -0.05) is 60.7 Å². The number of hydrogen-bond donors (Lipinski definition) is 2. The molecule has 0 fully saturated rings. The first-order chi connectivity index (χ1) is 20.4. The van der Waals surface area contributed by atoms with E-state index >= 15 is 0 Å². The van der Waals surface area contributed by atoms with Crippen molar-refractivity contribution >= 4 is 12.2 Å². The van der Waals surface area contributed by atoms with Gasteiger partial charge in [0, 0.05) is 18.3 Å². The molecule has 0 saturated carbocycles. The molecule has 214 valence electrons. The Balaban J connectivity index is 1.62. The van der Waals surface area contributed by atoms with Crippen molar-refractivity contribution in [1.82, 2.24) is 0 Å². The Morgan fingerprint density at radius 2 is 1.74 bits per heavy atom. The fourth-order valence-corrected chi connectivity index (χ4v) is 4.43. The summed E-state index contributed by atoms with van der Waals surface area (Å²) in [6.45, 7) is 2.05. The van der Waals surface area contributed by atoms with Gasteiger partial charge in [0.25, 0.3) is 0 Å². The number of ether oxygens (including phenoxy) is 3. The van der Waals surface area contributed by atoms with Crippen molar-refractivity contribution in [3.8, 4) is 34.4 Å². The number of rotatable bonds is 13. The molecule has 0 amide bonds. The number of nitriles is 1. The van der Waals surface area contributed by atoms with Crippen molar-refractivity contribution in [2.24, 2.45) is 10.9 Å². The molecule has 42 heavy (non-hydrogen) atoms. The van der Waals surface area contributed by atoms with Crippen LogP contribution in [-0.2, 0) is 24.6 Å². The van der Waals surface area contributed by atoms with E-state index in [1.54, 1.807) is 30.3 Å². The topological polar surface area (TPSA) is 121 Å². The Morgan fingerprint density at radius 3 is 2.45 bits per heavy atom. The Morgan fingerprint density at radius 1 is 0.976 bits per heavy atom. The molecule has 0 aliphatic rings. The molecule has 0 radical (unpaired) electrons. The van der Waals surface area contributed by atoms with E-state index in [1.165, 1.54) is 13.3 Å². The van der Waals surface area contributed by atoms with E-state index in [1.807, 2.05) is 36.4 Å². The summed E-state index contributed by atoms with van der Waals surface area (Å²) in [6, 6.07) is 29.0. The molecule has 8 nitrogen and oxygen atoms in total. The van der Waals surface area contributed by atoms with Crippen LogP contribution in [0.25, 0.3) is 11.1 Å². The summed E-state index contributed by atoms with van der Waals surface area (Å²) in [5.74, 6) is -0.877. The maximum atomic E-state index is 11.3. The summed E-state index contributed by atoms with van der Waals surface area (Å²) < 4.78 is 18.1. The molecule has 0 saturated heterocycles.